The van der Waals surface area contributed by atoms with Gasteiger partial charge in [0.25, 0.3) is 0 Å². The third-order valence-corrected chi connectivity index (χ3v) is 5.75. The van der Waals surface area contributed by atoms with Gasteiger partial charge in [-0.1, -0.05) is 6.07 Å². The highest BCUT2D eigenvalue weighted by atomic mass is 19.3. The standard InChI is InChI=1S/C20H19F2N7O2/c21-20(22)30-13-6-5-12-15(16(13)31-20)26-19(23)29-18(12)25-14(27-29)10-11-4-3-7-24-17(11)28-8-1-2-9-28/h3-7,14,23,25,27H,1-2,8-10H2. The molecule has 0 radical (unpaired) electrons. The Morgan fingerprint density at radius 1 is 1.19 bits per heavy atom. The number of alkyl halides is 2. The lowest BCUT2D eigenvalue weighted by Gasteiger charge is -2.21. The highest BCUT2D eigenvalue weighted by Crippen LogP contribution is 2.46. The molecule has 0 aliphatic carbocycles. The molecule has 3 N–H and O–H groups in total. The minimum absolute atomic E-state index is 0.0949. The monoisotopic (exact) mass is 427 g/mol. The van der Waals surface area contributed by atoms with E-state index in [-0.39, 0.29) is 28.8 Å². The van der Waals surface area contributed by atoms with E-state index >= 15 is 0 Å². The molecule has 11 heteroatoms. The number of benzene rings is 1. The minimum atomic E-state index is -3.74. The zero-order valence-electron chi connectivity index (χ0n) is 16.4. The van der Waals surface area contributed by atoms with Crippen molar-refractivity contribution in [3.8, 4) is 11.5 Å². The molecular weight excluding hydrogens is 408 g/mol. The van der Waals surface area contributed by atoms with E-state index in [4.69, 9.17) is 5.41 Å². The summed E-state index contributed by atoms with van der Waals surface area (Å²) in [4.78, 5) is 11.0. The van der Waals surface area contributed by atoms with Gasteiger partial charge < -0.3 is 19.7 Å². The molecule has 0 spiro atoms. The number of nitrogens with zero attached hydrogens (tertiary/aromatic N) is 4. The number of hydrogen-bond donors (Lipinski definition) is 3. The van der Waals surface area contributed by atoms with Crippen LogP contribution in [0.1, 0.15) is 18.4 Å². The average Bonchev–Trinajstić information content (AvgIpc) is 3.46. The molecule has 5 heterocycles. The van der Waals surface area contributed by atoms with Crippen molar-refractivity contribution < 1.29 is 18.3 Å². The molecule has 2 aromatic heterocycles. The molecule has 1 aromatic carbocycles. The van der Waals surface area contributed by atoms with Gasteiger partial charge >= 0.3 is 6.29 Å². The third kappa shape index (κ3) is 2.91. The van der Waals surface area contributed by atoms with Gasteiger partial charge in [0, 0.05) is 31.1 Å². The quantitative estimate of drug-likeness (QED) is 0.590. The van der Waals surface area contributed by atoms with Gasteiger partial charge in [0.1, 0.15) is 23.3 Å². The van der Waals surface area contributed by atoms with E-state index in [1.807, 2.05) is 6.07 Å². The van der Waals surface area contributed by atoms with E-state index in [2.05, 4.69) is 41.2 Å². The maximum absolute atomic E-state index is 13.5. The summed E-state index contributed by atoms with van der Waals surface area (Å²) in [6.45, 7) is 1.99. The molecule has 6 rings (SSSR count). The van der Waals surface area contributed by atoms with Crippen LogP contribution in [0.15, 0.2) is 30.5 Å². The van der Waals surface area contributed by atoms with Crippen LogP contribution in [0.4, 0.5) is 20.4 Å². The zero-order valence-corrected chi connectivity index (χ0v) is 16.4. The fourth-order valence-corrected chi connectivity index (χ4v) is 4.42. The fraction of sp³-hybridized carbons (Fsp3) is 0.350. The topological polar surface area (TPSA) is 100 Å². The molecular formula is C20H19F2N7O2. The maximum atomic E-state index is 13.5. The van der Waals surface area contributed by atoms with Gasteiger partial charge in [-0.3, -0.25) is 10.8 Å². The van der Waals surface area contributed by atoms with Crippen molar-refractivity contribution in [3.63, 3.8) is 0 Å². The lowest BCUT2D eigenvalue weighted by atomic mass is 10.1. The van der Waals surface area contributed by atoms with E-state index < -0.39 is 6.29 Å². The second-order valence-corrected chi connectivity index (χ2v) is 7.79. The van der Waals surface area contributed by atoms with E-state index in [9.17, 15) is 8.78 Å². The molecule has 3 aliphatic heterocycles. The fourth-order valence-electron chi connectivity index (χ4n) is 4.42. The number of halogens is 2. The normalized spacial score (nSPS) is 20.6. The number of rotatable bonds is 3. The SMILES string of the molecule is N=c1nc2c3c(ccc2c2n1NC(Cc1cccnc1N1CCCC1)N2)OC(F)(F)O3. The molecule has 0 amide bonds. The maximum Gasteiger partial charge on any atom is 0.586 e. The van der Waals surface area contributed by atoms with Gasteiger partial charge in [-0.15, -0.1) is 8.78 Å². The van der Waals surface area contributed by atoms with E-state index in [0.717, 1.165) is 37.3 Å². The molecule has 1 fully saturated rings. The Morgan fingerprint density at radius 3 is 2.87 bits per heavy atom. The van der Waals surface area contributed by atoms with Crippen molar-refractivity contribution in [3.05, 3.63) is 41.6 Å². The first-order chi connectivity index (χ1) is 15.0. The molecule has 1 unspecified atom stereocenters. The van der Waals surface area contributed by atoms with Crippen molar-refractivity contribution in [1.82, 2.24) is 14.6 Å². The number of aromatic nitrogens is 3. The van der Waals surface area contributed by atoms with Crippen LogP contribution in [0.3, 0.4) is 0 Å². The van der Waals surface area contributed by atoms with Crippen molar-refractivity contribution in [2.75, 3.05) is 28.7 Å². The summed E-state index contributed by atoms with van der Waals surface area (Å²) in [5, 5.41) is 12.2. The van der Waals surface area contributed by atoms with Crippen LogP contribution in [0, 0.1) is 5.41 Å². The number of nitrogens with one attached hydrogen (secondary N) is 3. The minimum Gasteiger partial charge on any atom is -0.395 e. The lowest BCUT2D eigenvalue weighted by Crippen LogP contribution is -2.34. The highest BCUT2D eigenvalue weighted by Gasteiger charge is 2.45. The van der Waals surface area contributed by atoms with Gasteiger partial charge in [0.15, 0.2) is 11.5 Å². The number of fused-ring (bicyclic) bond motifs is 5. The summed E-state index contributed by atoms with van der Waals surface area (Å²) in [6.07, 6.45) is 0.763. The second-order valence-electron chi connectivity index (χ2n) is 7.79. The summed E-state index contributed by atoms with van der Waals surface area (Å²) in [5.74, 6) is 1.29. The van der Waals surface area contributed by atoms with Crippen LogP contribution < -0.4 is 30.7 Å². The Labute approximate surface area is 175 Å². The Morgan fingerprint density at radius 2 is 2.03 bits per heavy atom. The largest absolute Gasteiger partial charge is 0.586 e. The number of hydrogen-bond acceptors (Lipinski definition) is 8. The van der Waals surface area contributed by atoms with Crippen LogP contribution in [0.5, 0.6) is 11.5 Å². The Balaban J connectivity index is 1.34. The molecule has 3 aromatic rings. The molecule has 0 saturated carbocycles. The first-order valence-electron chi connectivity index (χ1n) is 10.1. The van der Waals surface area contributed by atoms with Crippen molar-refractivity contribution in [1.29, 1.82) is 5.41 Å². The summed E-state index contributed by atoms with van der Waals surface area (Å²) in [6, 6.07) is 7.02. The number of ether oxygens (including phenoxy) is 2. The van der Waals surface area contributed by atoms with Crippen LogP contribution in [0.25, 0.3) is 10.9 Å². The zero-order chi connectivity index (χ0) is 21.2. The smallest absolute Gasteiger partial charge is 0.395 e. The molecule has 0 bridgehead atoms. The van der Waals surface area contributed by atoms with Crippen LogP contribution in [-0.4, -0.2) is 40.2 Å². The average molecular weight is 427 g/mol. The Hall–Kier alpha value is -3.63. The summed E-state index contributed by atoms with van der Waals surface area (Å²) >= 11 is 0. The predicted molar refractivity (Wildman–Crippen MR) is 108 cm³/mol. The predicted octanol–water partition coefficient (Wildman–Crippen LogP) is 2.37. The van der Waals surface area contributed by atoms with Gasteiger partial charge in [-0.25, -0.2) is 14.6 Å². The van der Waals surface area contributed by atoms with Crippen LogP contribution >= 0.6 is 0 Å². The molecule has 1 atom stereocenters. The molecule has 9 nitrogen and oxygen atoms in total. The number of pyridine rings is 1. The summed E-state index contributed by atoms with van der Waals surface area (Å²) in [7, 11) is 0. The molecule has 31 heavy (non-hydrogen) atoms. The Bertz CT molecular complexity index is 1260. The van der Waals surface area contributed by atoms with Crippen molar-refractivity contribution in [2.45, 2.75) is 31.7 Å². The van der Waals surface area contributed by atoms with Crippen LogP contribution in [-0.2, 0) is 6.42 Å². The van der Waals surface area contributed by atoms with Gasteiger partial charge in [0.05, 0.1) is 0 Å². The van der Waals surface area contributed by atoms with E-state index in [1.54, 1.807) is 12.3 Å². The number of anilines is 2. The Kier molecular flexibility index (Phi) is 3.77. The van der Waals surface area contributed by atoms with E-state index in [1.165, 1.54) is 10.7 Å². The molecule has 160 valence electrons. The van der Waals surface area contributed by atoms with Gasteiger partial charge in [0.2, 0.25) is 5.62 Å². The highest BCUT2D eigenvalue weighted by molar-refractivity contribution is 5.95. The summed E-state index contributed by atoms with van der Waals surface area (Å²) < 4.78 is 37.8. The summed E-state index contributed by atoms with van der Waals surface area (Å²) in [5.41, 5.74) is 4.34. The molecule has 3 aliphatic rings. The van der Waals surface area contributed by atoms with Crippen molar-refractivity contribution >= 4 is 22.5 Å². The van der Waals surface area contributed by atoms with Crippen LogP contribution in [0.2, 0.25) is 0 Å². The van der Waals surface area contributed by atoms with Gasteiger partial charge in [-0.2, -0.15) is 0 Å². The second kappa shape index (κ2) is 6.43. The van der Waals surface area contributed by atoms with Crippen molar-refractivity contribution in [2.24, 2.45) is 0 Å². The molecule has 1 saturated heterocycles. The third-order valence-electron chi connectivity index (χ3n) is 5.75. The van der Waals surface area contributed by atoms with Gasteiger partial charge in [-0.05, 0) is 36.6 Å². The lowest BCUT2D eigenvalue weighted by molar-refractivity contribution is -0.286. The van der Waals surface area contributed by atoms with E-state index in [0.29, 0.717) is 17.6 Å². The first-order valence-corrected chi connectivity index (χ1v) is 10.1. The first kappa shape index (κ1) is 18.2.